The van der Waals surface area contributed by atoms with Gasteiger partial charge in [0, 0.05) is 0 Å². The van der Waals surface area contributed by atoms with Crippen molar-refractivity contribution in [3.05, 3.63) is 35.4 Å². The molecule has 6 heteroatoms. The van der Waals surface area contributed by atoms with Gasteiger partial charge in [-0.1, -0.05) is 12.1 Å². The summed E-state index contributed by atoms with van der Waals surface area (Å²) in [7, 11) is 0. The fourth-order valence-corrected chi connectivity index (χ4v) is 0.749. The third kappa shape index (κ3) is 4.25. The smallest absolute Gasteiger partial charge is 1.00 e. The molecule has 0 saturated heterocycles. The molecule has 0 fully saturated rings. The van der Waals surface area contributed by atoms with E-state index in [1.165, 1.54) is 24.3 Å². The molecule has 0 saturated carbocycles. The number of carbonyl (C=O) groups excluding carboxylic acids is 1. The Morgan fingerprint density at radius 1 is 1.07 bits per heavy atom. The molecule has 0 heterocycles. The summed E-state index contributed by atoms with van der Waals surface area (Å²) >= 11 is 0. The summed E-state index contributed by atoms with van der Waals surface area (Å²) in [6.07, 6.45) is 0. The number of rotatable bonds is 2. The summed E-state index contributed by atoms with van der Waals surface area (Å²) in [6, 6.07) is 4.82. The molecule has 0 radical (unpaired) electrons. The van der Waals surface area contributed by atoms with Crippen molar-refractivity contribution in [2.24, 2.45) is 0 Å². The van der Waals surface area contributed by atoms with E-state index in [0.29, 0.717) is 0 Å². The molecule has 0 aromatic heterocycles. The number of hydrogen-bond acceptors (Lipinski definition) is 3. The predicted molar refractivity (Wildman–Crippen MR) is 43.5 cm³/mol. The van der Waals surface area contributed by atoms with Crippen LogP contribution in [0, 0.1) is 0 Å². The summed E-state index contributed by atoms with van der Waals surface area (Å²) in [5.74, 6) is -2.40. The van der Waals surface area contributed by atoms with Crippen molar-refractivity contribution >= 4 is 60.8 Å². The van der Waals surface area contributed by atoms with Gasteiger partial charge in [-0.3, -0.25) is 0 Å². The Balaban J connectivity index is 0. The van der Waals surface area contributed by atoms with E-state index >= 15 is 0 Å². The van der Waals surface area contributed by atoms with Crippen LogP contribution in [0.2, 0.25) is 0 Å². The molecule has 0 atom stereocenters. The number of carbonyl (C=O) groups is 2. The molecular formula is C8H5BaFO4. The van der Waals surface area contributed by atoms with Gasteiger partial charge >= 0.3 is 54.9 Å². The molecule has 1 aromatic carbocycles. The molecule has 14 heavy (non-hydrogen) atoms. The van der Waals surface area contributed by atoms with Crippen LogP contribution in [0.4, 0.5) is 0 Å². The number of hydrogen-bond donors (Lipinski definition) is 1. The number of benzene rings is 1. The van der Waals surface area contributed by atoms with Gasteiger partial charge in [-0.15, -0.1) is 0 Å². The van der Waals surface area contributed by atoms with Gasteiger partial charge in [0.25, 0.3) is 0 Å². The van der Waals surface area contributed by atoms with Crippen LogP contribution in [-0.4, -0.2) is 65.9 Å². The summed E-state index contributed by atoms with van der Waals surface area (Å²) in [6.45, 7) is 0. The Labute approximate surface area is 119 Å². The van der Waals surface area contributed by atoms with Gasteiger partial charge in [-0.25, -0.2) is 4.79 Å². The maximum absolute atomic E-state index is 10.3. The zero-order valence-electron chi connectivity index (χ0n) is 7.07. The predicted octanol–water partition coefficient (Wildman–Crippen LogP) is -3.63. The quantitative estimate of drug-likeness (QED) is 0.571. The number of carboxylic acid groups (broad SMARTS) is 2. The van der Waals surface area contributed by atoms with E-state index in [2.05, 4.69) is 0 Å². The number of carboxylic acids is 2. The third-order valence-electron chi connectivity index (χ3n) is 1.37. The Bertz CT molecular complexity index is 290. The maximum atomic E-state index is 10.3. The van der Waals surface area contributed by atoms with E-state index in [-0.39, 0.29) is 64.7 Å². The molecule has 0 aliphatic carbocycles. The monoisotopic (exact) mass is 322 g/mol. The largest absolute Gasteiger partial charge is 2.00 e. The summed E-state index contributed by atoms with van der Waals surface area (Å²) in [4.78, 5) is 20.5. The molecule has 0 spiro atoms. The maximum Gasteiger partial charge on any atom is 2.00 e. The molecule has 1 N–H and O–H groups in total. The van der Waals surface area contributed by atoms with E-state index in [9.17, 15) is 14.7 Å². The third-order valence-corrected chi connectivity index (χ3v) is 1.37. The first kappa shape index (κ1) is 16.1. The molecular weight excluding hydrogens is 316 g/mol. The van der Waals surface area contributed by atoms with Crippen molar-refractivity contribution in [1.29, 1.82) is 0 Å². The fraction of sp³-hybridized carbons (Fsp3) is 0. The summed E-state index contributed by atoms with van der Waals surface area (Å²) in [5, 5.41) is 18.7. The van der Waals surface area contributed by atoms with Crippen LogP contribution < -0.4 is 9.81 Å². The molecule has 1 rings (SSSR count). The van der Waals surface area contributed by atoms with Gasteiger partial charge in [0.1, 0.15) is 0 Å². The Morgan fingerprint density at radius 2 is 1.43 bits per heavy atom. The van der Waals surface area contributed by atoms with Crippen LogP contribution >= 0.6 is 0 Å². The second-order valence-corrected chi connectivity index (χ2v) is 2.17. The molecule has 1 aromatic rings. The Hall–Kier alpha value is -0.339. The topological polar surface area (TPSA) is 77.4 Å². The normalized spacial score (nSPS) is 8.00. The molecule has 0 aliphatic rings. The van der Waals surface area contributed by atoms with Crippen molar-refractivity contribution in [2.45, 2.75) is 0 Å². The molecule has 0 amide bonds. The van der Waals surface area contributed by atoms with Crippen LogP contribution in [-0.2, 0) is 0 Å². The van der Waals surface area contributed by atoms with Gasteiger partial charge < -0.3 is 19.7 Å². The van der Waals surface area contributed by atoms with Crippen LogP contribution in [0.3, 0.4) is 0 Å². The fourth-order valence-electron chi connectivity index (χ4n) is 0.749. The second kappa shape index (κ2) is 7.02. The molecule has 0 aliphatic heterocycles. The molecule has 0 unspecified atom stereocenters. The molecule has 70 valence electrons. The van der Waals surface area contributed by atoms with Crippen molar-refractivity contribution in [3.8, 4) is 0 Å². The molecule has 4 nitrogen and oxygen atoms in total. The van der Waals surface area contributed by atoms with E-state index < -0.39 is 11.9 Å². The Kier molecular flexibility index (Phi) is 8.08. The van der Waals surface area contributed by atoms with Crippen LogP contribution in [0.25, 0.3) is 0 Å². The zero-order chi connectivity index (χ0) is 9.14. The SMILES string of the molecule is O=C([O-])c1ccc(C(=O)O)cc1.[Ba+2].[F-]. The minimum atomic E-state index is -1.31. The second-order valence-electron chi connectivity index (χ2n) is 2.17. The van der Waals surface area contributed by atoms with E-state index in [1.54, 1.807) is 0 Å². The Morgan fingerprint density at radius 3 is 1.71 bits per heavy atom. The van der Waals surface area contributed by atoms with Gasteiger partial charge in [0.05, 0.1) is 11.5 Å². The minimum Gasteiger partial charge on any atom is -1.00 e. The average Bonchev–Trinajstić information content (AvgIpc) is 2.04. The first-order valence-corrected chi connectivity index (χ1v) is 3.16. The van der Waals surface area contributed by atoms with Crippen molar-refractivity contribution in [1.82, 2.24) is 0 Å². The van der Waals surface area contributed by atoms with Gasteiger partial charge in [-0.05, 0) is 17.7 Å². The first-order chi connectivity index (χ1) is 5.61. The van der Waals surface area contributed by atoms with Crippen LogP contribution in [0.5, 0.6) is 0 Å². The van der Waals surface area contributed by atoms with Crippen LogP contribution in [0.1, 0.15) is 20.7 Å². The number of aromatic carboxylic acids is 2. The minimum absolute atomic E-state index is 0. The van der Waals surface area contributed by atoms with E-state index in [1.807, 2.05) is 0 Å². The molecule has 0 bridgehead atoms. The van der Waals surface area contributed by atoms with E-state index in [4.69, 9.17) is 5.11 Å². The zero-order valence-corrected chi connectivity index (χ0v) is 11.5. The van der Waals surface area contributed by atoms with Gasteiger partial charge in [0.2, 0.25) is 0 Å². The standard InChI is InChI=1S/C8H6O4.Ba.FH/c9-7(10)5-1-2-6(4-3-5)8(11)12;;/h1-4H,(H,9,10)(H,11,12);;1H/q;+2;/p-2. The van der Waals surface area contributed by atoms with Crippen molar-refractivity contribution in [3.63, 3.8) is 0 Å². The summed E-state index contributed by atoms with van der Waals surface area (Å²) < 4.78 is 0. The van der Waals surface area contributed by atoms with Gasteiger partial charge in [-0.2, -0.15) is 0 Å². The first-order valence-electron chi connectivity index (χ1n) is 3.16. The van der Waals surface area contributed by atoms with Gasteiger partial charge in [0.15, 0.2) is 0 Å². The average molecular weight is 321 g/mol. The van der Waals surface area contributed by atoms with Crippen molar-refractivity contribution < 1.29 is 24.5 Å². The van der Waals surface area contributed by atoms with Crippen molar-refractivity contribution in [2.75, 3.05) is 0 Å². The van der Waals surface area contributed by atoms with E-state index in [0.717, 1.165) is 0 Å². The number of halogens is 1. The van der Waals surface area contributed by atoms with Crippen LogP contribution in [0.15, 0.2) is 24.3 Å². The summed E-state index contributed by atoms with van der Waals surface area (Å²) in [5.41, 5.74) is 0.0278.